The summed E-state index contributed by atoms with van der Waals surface area (Å²) >= 11 is 0. The number of ether oxygens (including phenoxy) is 4. The first-order chi connectivity index (χ1) is 19.2. The molecule has 10 atom stereocenters. The minimum atomic E-state index is -1.59. The van der Waals surface area contributed by atoms with E-state index in [2.05, 4.69) is 0 Å². The Hall–Kier alpha value is -2.48. The lowest BCUT2D eigenvalue weighted by Gasteiger charge is -2.40. The summed E-state index contributed by atoms with van der Waals surface area (Å²) in [5, 5.41) is 94.8. The zero-order valence-corrected chi connectivity index (χ0v) is 21.8. The van der Waals surface area contributed by atoms with Gasteiger partial charge in [-0.05, 0) is 12.1 Å². The van der Waals surface area contributed by atoms with Gasteiger partial charge in [-0.1, -0.05) is 36.4 Å². The van der Waals surface area contributed by atoms with Crippen LogP contribution in [0.15, 0.2) is 48.5 Å². The molecule has 2 aromatic rings. The zero-order chi connectivity index (χ0) is 29.4. The molecule has 0 aromatic heterocycles. The molecule has 0 bridgehead atoms. The van der Waals surface area contributed by atoms with E-state index in [1.165, 1.54) is 0 Å². The normalized spacial score (nSPS) is 33.1. The molecule has 2 aliphatic rings. The van der Waals surface area contributed by atoms with Gasteiger partial charge in [0, 0.05) is 11.1 Å². The predicted octanol–water partition coefficient (Wildman–Crippen LogP) is -4.11. The van der Waals surface area contributed by atoms with Crippen LogP contribution in [0.1, 0.15) is 11.1 Å². The molecule has 0 aliphatic carbocycles. The predicted molar refractivity (Wildman–Crippen MR) is 137 cm³/mol. The van der Waals surface area contributed by atoms with Crippen LogP contribution in [-0.2, 0) is 22.7 Å². The van der Waals surface area contributed by atoms with Crippen molar-refractivity contribution in [3.63, 3.8) is 0 Å². The maximum atomic E-state index is 9.95. The molecule has 0 spiro atoms. The second-order valence-electron chi connectivity index (χ2n) is 9.15. The van der Waals surface area contributed by atoms with Gasteiger partial charge in [-0.15, -0.1) is 0 Å². The van der Waals surface area contributed by atoms with Gasteiger partial charge in [-0.2, -0.15) is 0 Å². The smallest absolute Gasteiger partial charge is 0.184 e. The molecule has 15 heteroatoms. The molecule has 0 radical (unpaired) electrons. The number of aliphatic hydroxyl groups is 10. The van der Waals surface area contributed by atoms with E-state index in [0.29, 0.717) is 22.6 Å². The van der Waals surface area contributed by atoms with Crippen molar-refractivity contribution in [3.8, 4) is 11.5 Å². The third-order valence-corrected chi connectivity index (χ3v) is 6.49. The van der Waals surface area contributed by atoms with Crippen LogP contribution in [0.4, 0.5) is 0 Å². The van der Waals surface area contributed by atoms with Crippen LogP contribution >= 0.6 is 0 Å². The van der Waals surface area contributed by atoms with Gasteiger partial charge < -0.3 is 75.5 Å². The number of hydrogen-bond donors (Lipinski definition) is 10. The van der Waals surface area contributed by atoms with Gasteiger partial charge >= 0.3 is 0 Å². The molecule has 2 fully saturated rings. The van der Waals surface area contributed by atoms with Crippen LogP contribution < -0.4 is 9.47 Å². The molecule has 12 N–H and O–H groups in total. The number of para-hydroxylation sites is 2. The summed E-state index contributed by atoms with van der Waals surface area (Å²) in [4.78, 5) is 0. The molecule has 4 rings (SSSR count). The van der Waals surface area contributed by atoms with Gasteiger partial charge in [-0.3, -0.25) is 0 Å². The van der Waals surface area contributed by atoms with E-state index in [9.17, 15) is 51.1 Å². The maximum Gasteiger partial charge on any atom is 0.184 e. The fourth-order valence-electron chi connectivity index (χ4n) is 4.22. The van der Waals surface area contributed by atoms with Gasteiger partial charge in [-0.25, -0.2) is 0 Å². The largest absolute Gasteiger partial charge is 0.484 e. The van der Waals surface area contributed by atoms with Gasteiger partial charge in [0.05, 0.1) is 26.4 Å². The van der Waals surface area contributed by atoms with Crippen LogP contribution in [0.2, 0.25) is 0 Å². The lowest BCUT2D eigenvalue weighted by molar-refractivity contribution is -0.282. The molecule has 41 heavy (non-hydrogen) atoms. The van der Waals surface area contributed by atoms with E-state index in [4.69, 9.17) is 18.9 Å². The van der Waals surface area contributed by atoms with Crippen LogP contribution in [-0.4, -0.2) is 131 Å². The standard InChI is InChI=1S/2C13H18O7.H2O/c2*14-5-7-3-1-2-4-8(7)19-12-9(6-15)20-13(18)11(17)10(12)16;/h2*1-4,9-18H,5-6H2;1H2/t2*9-,10-,11-,12-,13-;/m11./s1. The van der Waals surface area contributed by atoms with E-state index in [1.807, 2.05) is 0 Å². The number of hydrogen-bond acceptors (Lipinski definition) is 14. The van der Waals surface area contributed by atoms with Crippen molar-refractivity contribution in [3.05, 3.63) is 59.7 Å². The topological polar surface area (TPSA) is 271 Å². The Balaban J connectivity index is 0.000000280. The maximum absolute atomic E-state index is 9.95. The summed E-state index contributed by atoms with van der Waals surface area (Å²) in [5.74, 6) is 0.620. The Kier molecular flexibility index (Phi) is 13.7. The van der Waals surface area contributed by atoms with Crippen LogP contribution in [0.25, 0.3) is 0 Å². The van der Waals surface area contributed by atoms with Gasteiger partial charge in [0.15, 0.2) is 24.8 Å². The monoisotopic (exact) mass is 590 g/mol. The van der Waals surface area contributed by atoms with Crippen LogP contribution in [0, 0.1) is 0 Å². The Morgan fingerprint density at radius 2 is 0.878 bits per heavy atom. The first-order valence-corrected chi connectivity index (χ1v) is 12.5. The number of aliphatic hydroxyl groups excluding tert-OH is 10. The lowest BCUT2D eigenvalue weighted by atomic mass is 9.99. The Morgan fingerprint density at radius 1 is 0.537 bits per heavy atom. The highest BCUT2D eigenvalue weighted by atomic mass is 16.7. The molecule has 0 unspecified atom stereocenters. The lowest BCUT2D eigenvalue weighted by Crippen LogP contribution is -2.60. The molecule has 0 saturated carbocycles. The van der Waals surface area contributed by atoms with E-state index in [0.717, 1.165) is 0 Å². The van der Waals surface area contributed by atoms with Crippen molar-refractivity contribution in [1.82, 2.24) is 0 Å². The van der Waals surface area contributed by atoms with Gasteiger partial charge in [0.1, 0.15) is 48.1 Å². The second-order valence-corrected chi connectivity index (χ2v) is 9.15. The van der Waals surface area contributed by atoms with Crippen molar-refractivity contribution in [1.29, 1.82) is 0 Å². The van der Waals surface area contributed by atoms with E-state index >= 15 is 0 Å². The SMILES string of the molecule is O.OCc1ccccc1O[C@H]1[C@H](O)[C@@H](O)[C@H](O)O[C@@H]1CO.OCc1ccccc1O[C@H]1[C@H](O)[C@@H](O)[C@H](O)O[C@@H]1CO. The Morgan fingerprint density at radius 3 is 1.20 bits per heavy atom. The van der Waals surface area contributed by atoms with E-state index < -0.39 is 74.6 Å². The summed E-state index contributed by atoms with van der Waals surface area (Å²) in [6.45, 7) is -1.50. The van der Waals surface area contributed by atoms with Crippen LogP contribution in [0.3, 0.4) is 0 Å². The van der Waals surface area contributed by atoms with E-state index in [-0.39, 0.29) is 18.7 Å². The molecule has 232 valence electrons. The summed E-state index contributed by atoms with van der Waals surface area (Å²) in [5.41, 5.74) is 0.994. The van der Waals surface area contributed by atoms with Gasteiger partial charge in [0.25, 0.3) is 0 Å². The third-order valence-electron chi connectivity index (χ3n) is 6.49. The first-order valence-electron chi connectivity index (χ1n) is 12.5. The molecule has 2 aromatic carbocycles. The summed E-state index contributed by atoms with van der Waals surface area (Å²) < 4.78 is 21.1. The molecule has 15 nitrogen and oxygen atoms in total. The summed E-state index contributed by atoms with van der Waals surface area (Å²) in [7, 11) is 0. The minimum Gasteiger partial charge on any atom is -0.484 e. The molecule has 2 heterocycles. The second kappa shape index (κ2) is 16.2. The van der Waals surface area contributed by atoms with Gasteiger partial charge in [0.2, 0.25) is 0 Å². The minimum absolute atomic E-state index is 0. The van der Waals surface area contributed by atoms with Crippen molar-refractivity contribution in [2.75, 3.05) is 13.2 Å². The first kappa shape index (κ1) is 34.7. The average Bonchev–Trinajstić information content (AvgIpc) is 2.98. The molecule has 2 aliphatic heterocycles. The highest BCUT2D eigenvalue weighted by Crippen LogP contribution is 2.28. The van der Waals surface area contributed by atoms with Crippen molar-refractivity contribution in [2.24, 2.45) is 0 Å². The van der Waals surface area contributed by atoms with Crippen molar-refractivity contribution in [2.45, 2.75) is 74.6 Å². The number of benzene rings is 2. The highest BCUT2D eigenvalue weighted by Gasteiger charge is 2.46. The Labute approximate surface area is 234 Å². The molecule has 2 saturated heterocycles. The fraction of sp³-hybridized carbons (Fsp3) is 0.538. The molecular weight excluding hydrogens is 552 g/mol. The molecule has 0 amide bonds. The van der Waals surface area contributed by atoms with E-state index in [1.54, 1.807) is 48.5 Å². The van der Waals surface area contributed by atoms with Crippen molar-refractivity contribution >= 4 is 0 Å². The zero-order valence-electron chi connectivity index (χ0n) is 21.8. The Bertz CT molecular complexity index is 956. The number of rotatable bonds is 8. The quantitative estimate of drug-likeness (QED) is 0.140. The molecular formula is C26H38O15. The average molecular weight is 591 g/mol. The summed E-state index contributed by atoms with van der Waals surface area (Å²) in [6.07, 6.45) is -13.2. The van der Waals surface area contributed by atoms with Crippen LogP contribution in [0.5, 0.6) is 11.5 Å². The summed E-state index contributed by atoms with van der Waals surface area (Å²) in [6, 6.07) is 13.3. The highest BCUT2D eigenvalue weighted by molar-refractivity contribution is 5.34. The fourth-order valence-corrected chi connectivity index (χ4v) is 4.22. The third kappa shape index (κ3) is 8.30. The van der Waals surface area contributed by atoms with Crippen molar-refractivity contribution < 1.29 is 75.5 Å².